The fraction of sp³-hybridized carbons (Fsp3) is 0.192. The van der Waals surface area contributed by atoms with Crippen molar-refractivity contribution in [3.8, 4) is 5.75 Å². The van der Waals surface area contributed by atoms with Gasteiger partial charge in [-0.3, -0.25) is 0 Å². The van der Waals surface area contributed by atoms with E-state index in [0.29, 0.717) is 5.75 Å². The van der Waals surface area contributed by atoms with Gasteiger partial charge in [-0.2, -0.15) is 8.78 Å². The van der Waals surface area contributed by atoms with Crippen LogP contribution in [0.25, 0.3) is 0 Å². The molecule has 176 valence electrons. The minimum atomic E-state index is -4.03. The average molecular weight is 467 g/mol. The highest BCUT2D eigenvalue weighted by molar-refractivity contribution is 6.40. The number of alkyl halides is 2. The normalized spacial score (nSPS) is 12.5. The third-order valence-corrected chi connectivity index (χ3v) is 4.76. The highest BCUT2D eigenvalue weighted by atomic mass is 19.3. The summed E-state index contributed by atoms with van der Waals surface area (Å²) in [5.41, 5.74) is -1.04. The molecule has 3 aromatic rings. The summed E-state index contributed by atoms with van der Waals surface area (Å²) in [5, 5.41) is 0. The van der Waals surface area contributed by atoms with E-state index in [1.807, 2.05) is 0 Å². The fourth-order valence-electron chi connectivity index (χ4n) is 3.09. The van der Waals surface area contributed by atoms with Gasteiger partial charge < -0.3 is 14.2 Å². The summed E-state index contributed by atoms with van der Waals surface area (Å²) in [6.45, 7) is 1.35. The quantitative estimate of drug-likeness (QED) is 0.304. The summed E-state index contributed by atoms with van der Waals surface area (Å²) >= 11 is 0. The number of benzene rings is 3. The second kappa shape index (κ2) is 11.2. The molecule has 0 amide bonds. The molecular weight excluding hydrogens is 444 g/mol. The zero-order valence-corrected chi connectivity index (χ0v) is 18.6. The van der Waals surface area contributed by atoms with Gasteiger partial charge in [0.05, 0.1) is 25.0 Å². The van der Waals surface area contributed by atoms with Crippen LogP contribution in [0, 0.1) is 0 Å². The first-order valence-electron chi connectivity index (χ1n) is 10.5. The lowest BCUT2D eigenvalue weighted by Crippen LogP contribution is -2.43. The Morgan fingerprint density at radius 3 is 2.06 bits per heavy atom. The van der Waals surface area contributed by atoms with E-state index in [1.165, 1.54) is 74.7 Å². The van der Waals surface area contributed by atoms with Crippen molar-refractivity contribution in [2.75, 3.05) is 13.7 Å². The van der Waals surface area contributed by atoms with E-state index in [2.05, 4.69) is 4.99 Å². The SMILES string of the molecule is CCOC(=O)C(=Nc1ccc(OC)cc1)C(F)(F)C(OC(=O)c1ccccc1)c1ccccc1. The highest BCUT2D eigenvalue weighted by Gasteiger charge is 2.52. The fourth-order valence-corrected chi connectivity index (χ4v) is 3.09. The van der Waals surface area contributed by atoms with Gasteiger partial charge in [0.25, 0.3) is 0 Å². The summed E-state index contributed by atoms with van der Waals surface area (Å²) in [6, 6.07) is 21.1. The molecule has 3 rings (SSSR count). The number of carbonyl (C=O) groups is 2. The molecule has 1 atom stereocenters. The lowest BCUT2D eigenvalue weighted by atomic mass is 9.99. The van der Waals surface area contributed by atoms with Crippen molar-refractivity contribution in [2.24, 2.45) is 4.99 Å². The molecule has 0 aliphatic rings. The summed E-state index contributed by atoms with van der Waals surface area (Å²) in [6.07, 6.45) is -2.14. The number of rotatable bonds is 9. The van der Waals surface area contributed by atoms with Crippen LogP contribution < -0.4 is 4.74 Å². The number of nitrogens with zero attached hydrogens (tertiary/aromatic N) is 1. The molecule has 1 unspecified atom stereocenters. The van der Waals surface area contributed by atoms with Crippen molar-refractivity contribution in [3.63, 3.8) is 0 Å². The van der Waals surface area contributed by atoms with Crippen LogP contribution in [0.15, 0.2) is 89.9 Å². The number of aliphatic imine (C=N–C) groups is 1. The molecule has 6 nitrogen and oxygen atoms in total. The summed E-state index contributed by atoms with van der Waals surface area (Å²) in [4.78, 5) is 29.2. The Hall–Kier alpha value is -4.07. The van der Waals surface area contributed by atoms with E-state index in [4.69, 9.17) is 14.2 Å². The van der Waals surface area contributed by atoms with Gasteiger partial charge in [0, 0.05) is 0 Å². The van der Waals surface area contributed by atoms with Gasteiger partial charge in [0.2, 0.25) is 0 Å². The van der Waals surface area contributed by atoms with Crippen LogP contribution in [-0.2, 0) is 14.3 Å². The van der Waals surface area contributed by atoms with Gasteiger partial charge >= 0.3 is 17.9 Å². The van der Waals surface area contributed by atoms with E-state index >= 15 is 8.78 Å². The van der Waals surface area contributed by atoms with Crippen molar-refractivity contribution < 1.29 is 32.6 Å². The summed E-state index contributed by atoms with van der Waals surface area (Å²) in [5.74, 6) is -5.83. The molecule has 0 fully saturated rings. The van der Waals surface area contributed by atoms with E-state index in [-0.39, 0.29) is 23.4 Å². The van der Waals surface area contributed by atoms with E-state index in [1.54, 1.807) is 24.3 Å². The number of hydrogen-bond acceptors (Lipinski definition) is 6. The van der Waals surface area contributed by atoms with Crippen LogP contribution in [0.1, 0.15) is 28.9 Å². The van der Waals surface area contributed by atoms with Gasteiger partial charge in [-0.05, 0) is 48.9 Å². The Balaban J connectivity index is 2.07. The molecule has 0 heterocycles. The smallest absolute Gasteiger partial charge is 0.359 e. The maximum absolute atomic E-state index is 16.0. The minimum absolute atomic E-state index is 0.0106. The van der Waals surface area contributed by atoms with Gasteiger partial charge in [-0.1, -0.05) is 48.5 Å². The van der Waals surface area contributed by atoms with Crippen LogP contribution in [0.3, 0.4) is 0 Å². The van der Waals surface area contributed by atoms with Crippen molar-refractivity contribution in [1.29, 1.82) is 0 Å². The van der Waals surface area contributed by atoms with Crippen LogP contribution in [0.2, 0.25) is 0 Å². The van der Waals surface area contributed by atoms with Crippen molar-refractivity contribution in [1.82, 2.24) is 0 Å². The van der Waals surface area contributed by atoms with Crippen LogP contribution in [0.4, 0.5) is 14.5 Å². The Morgan fingerprint density at radius 1 is 0.912 bits per heavy atom. The molecule has 0 aliphatic carbocycles. The Kier molecular flexibility index (Phi) is 8.08. The molecule has 0 N–H and O–H groups in total. The van der Waals surface area contributed by atoms with Gasteiger partial charge in [0.15, 0.2) is 11.8 Å². The molecule has 34 heavy (non-hydrogen) atoms. The monoisotopic (exact) mass is 467 g/mol. The molecule has 3 aromatic carbocycles. The van der Waals surface area contributed by atoms with Gasteiger partial charge in [0.1, 0.15) is 5.75 Å². The Bertz CT molecular complexity index is 1130. The second-order valence-corrected chi connectivity index (χ2v) is 7.06. The highest BCUT2D eigenvalue weighted by Crippen LogP contribution is 2.38. The van der Waals surface area contributed by atoms with Gasteiger partial charge in [-0.15, -0.1) is 0 Å². The van der Waals surface area contributed by atoms with Crippen molar-refractivity contribution >= 4 is 23.3 Å². The third-order valence-electron chi connectivity index (χ3n) is 4.76. The number of esters is 2. The first kappa shape index (κ1) is 24.6. The van der Waals surface area contributed by atoms with E-state index in [0.717, 1.165) is 0 Å². The number of halogens is 2. The predicted molar refractivity (Wildman–Crippen MR) is 123 cm³/mol. The van der Waals surface area contributed by atoms with E-state index < -0.39 is 29.7 Å². The molecule has 8 heteroatoms. The summed E-state index contributed by atoms with van der Waals surface area (Å²) in [7, 11) is 1.46. The summed E-state index contributed by atoms with van der Waals surface area (Å²) < 4.78 is 47.2. The molecule has 0 aliphatic heterocycles. The Labute approximate surface area is 195 Å². The first-order valence-corrected chi connectivity index (χ1v) is 10.5. The number of methoxy groups -OCH3 is 1. The molecular formula is C26H23F2NO5. The molecule has 0 saturated heterocycles. The van der Waals surface area contributed by atoms with Gasteiger partial charge in [-0.25, -0.2) is 14.6 Å². The molecule has 0 saturated carbocycles. The minimum Gasteiger partial charge on any atom is -0.497 e. The van der Waals surface area contributed by atoms with E-state index in [9.17, 15) is 9.59 Å². The predicted octanol–water partition coefficient (Wildman–Crippen LogP) is 5.56. The average Bonchev–Trinajstić information content (AvgIpc) is 2.87. The van der Waals surface area contributed by atoms with Crippen LogP contribution >= 0.6 is 0 Å². The van der Waals surface area contributed by atoms with Crippen LogP contribution in [-0.4, -0.2) is 37.3 Å². The van der Waals surface area contributed by atoms with Crippen molar-refractivity contribution in [3.05, 3.63) is 96.1 Å². The second-order valence-electron chi connectivity index (χ2n) is 7.06. The number of carbonyl (C=O) groups excluding carboxylic acids is 2. The van der Waals surface area contributed by atoms with Crippen LogP contribution in [0.5, 0.6) is 5.75 Å². The zero-order valence-electron chi connectivity index (χ0n) is 18.6. The largest absolute Gasteiger partial charge is 0.497 e. The lowest BCUT2D eigenvalue weighted by Gasteiger charge is -2.27. The Morgan fingerprint density at radius 2 is 1.50 bits per heavy atom. The molecule has 0 bridgehead atoms. The molecule has 0 spiro atoms. The molecule has 0 radical (unpaired) electrons. The third kappa shape index (κ3) is 5.83. The maximum Gasteiger partial charge on any atom is 0.359 e. The number of ether oxygens (including phenoxy) is 3. The first-order chi connectivity index (χ1) is 16.4. The van der Waals surface area contributed by atoms with Crippen molar-refractivity contribution in [2.45, 2.75) is 19.0 Å². The number of hydrogen-bond donors (Lipinski definition) is 0. The zero-order chi connectivity index (χ0) is 24.6. The topological polar surface area (TPSA) is 74.2 Å². The maximum atomic E-state index is 16.0. The standard InChI is InChI=1S/C26H23F2NO5/c1-3-33-25(31)22(29-20-14-16-21(32-2)17-15-20)26(27,28)23(18-10-6-4-7-11-18)34-24(30)19-12-8-5-9-13-19/h4-17,23H,3H2,1-2H3. The lowest BCUT2D eigenvalue weighted by molar-refractivity contribution is -0.138. The molecule has 0 aromatic heterocycles.